The predicted octanol–water partition coefficient (Wildman–Crippen LogP) is 1.15. The van der Waals surface area contributed by atoms with E-state index < -0.39 is 16.1 Å². The Morgan fingerprint density at radius 1 is 1.21 bits per heavy atom. The number of aryl methyl sites for hydroxylation is 1. The minimum atomic E-state index is -3.51. The minimum Gasteiger partial charge on any atom is -0.378 e. The molecular formula is C17H24N2O4S. The quantitative estimate of drug-likeness (QED) is 0.815. The Morgan fingerprint density at radius 2 is 1.92 bits per heavy atom. The molecule has 1 amide bonds. The van der Waals surface area contributed by atoms with Crippen molar-refractivity contribution in [3.8, 4) is 0 Å². The molecule has 0 aliphatic carbocycles. The van der Waals surface area contributed by atoms with Crippen molar-refractivity contribution in [2.24, 2.45) is 0 Å². The highest BCUT2D eigenvalue weighted by molar-refractivity contribution is 7.88. The van der Waals surface area contributed by atoms with Gasteiger partial charge in [0.05, 0.1) is 19.0 Å². The first kappa shape index (κ1) is 17.4. The molecule has 0 unspecified atom stereocenters. The van der Waals surface area contributed by atoms with Crippen LogP contribution in [0.1, 0.15) is 24.0 Å². The average Bonchev–Trinajstić information content (AvgIpc) is 3.08. The molecule has 6 nitrogen and oxygen atoms in total. The van der Waals surface area contributed by atoms with Crippen molar-refractivity contribution in [3.05, 3.63) is 35.4 Å². The molecule has 2 aliphatic heterocycles. The van der Waals surface area contributed by atoms with Crippen molar-refractivity contribution >= 4 is 15.9 Å². The molecule has 1 aromatic rings. The number of carbonyl (C=O) groups is 1. The molecule has 2 aliphatic rings. The molecule has 2 heterocycles. The third-order valence-electron chi connectivity index (χ3n) is 4.77. The first-order valence-electron chi connectivity index (χ1n) is 8.39. The van der Waals surface area contributed by atoms with Crippen molar-refractivity contribution in [1.82, 2.24) is 9.21 Å². The second-order valence-corrected chi connectivity index (χ2v) is 8.31. The maximum Gasteiger partial charge on any atom is 0.241 e. The van der Waals surface area contributed by atoms with Gasteiger partial charge in [-0.2, -0.15) is 4.31 Å². The SMILES string of the molecule is Cc1ccccc1CS(=O)(=O)N1CCC[C@H]1C(=O)N1CCOCC1. The number of hydrogen-bond acceptors (Lipinski definition) is 4. The molecule has 2 fully saturated rings. The highest BCUT2D eigenvalue weighted by Crippen LogP contribution is 2.26. The van der Waals surface area contributed by atoms with Crippen LogP contribution in [0.2, 0.25) is 0 Å². The largest absolute Gasteiger partial charge is 0.378 e. The van der Waals surface area contributed by atoms with Gasteiger partial charge in [0.2, 0.25) is 15.9 Å². The van der Waals surface area contributed by atoms with E-state index in [0.29, 0.717) is 39.3 Å². The maximum absolute atomic E-state index is 12.9. The third-order valence-corrected chi connectivity index (χ3v) is 6.60. The monoisotopic (exact) mass is 352 g/mol. The first-order chi connectivity index (χ1) is 11.5. The number of carbonyl (C=O) groups excluding carboxylic acids is 1. The Kier molecular flexibility index (Phi) is 5.22. The molecule has 2 saturated heterocycles. The average molecular weight is 352 g/mol. The lowest BCUT2D eigenvalue weighted by molar-refractivity contribution is -0.138. The van der Waals surface area contributed by atoms with Crippen LogP contribution in [0.4, 0.5) is 0 Å². The van der Waals surface area contributed by atoms with Gasteiger partial charge >= 0.3 is 0 Å². The molecule has 0 N–H and O–H groups in total. The zero-order valence-corrected chi connectivity index (χ0v) is 14.8. The van der Waals surface area contributed by atoms with Gasteiger partial charge in [-0.15, -0.1) is 0 Å². The highest BCUT2D eigenvalue weighted by atomic mass is 32.2. The van der Waals surface area contributed by atoms with Crippen LogP contribution < -0.4 is 0 Å². The van der Waals surface area contributed by atoms with Crippen molar-refractivity contribution in [2.45, 2.75) is 31.6 Å². The van der Waals surface area contributed by atoms with Crippen molar-refractivity contribution in [3.63, 3.8) is 0 Å². The number of ether oxygens (including phenoxy) is 1. The predicted molar refractivity (Wildman–Crippen MR) is 90.9 cm³/mol. The van der Waals surface area contributed by atoms with Crippen LogP contribution in [0.25, 0.3) is 0 Å². The van der Waals surface area contributed by atoms with Crippen LogP contribution in [0, 0.1) is 6.92 Å². The third kappa shape index (κ3) is 3.63. The normalized spacial score (nSPS) is 22.7. The molecule has 24 heavy (non-hydrogen) atoms. The van der Waals surface area contributed by atoms with E-state index in [1.807, 2.05) is 31.2 Å². The summed E-state index contributed by atoms with van der Waals surface area (Å²) in [4.78, 5) is 14.5. The molecule has 0 spiro atoms. The molecule has 7 heteroatoms. The molecular weight excluding hydrogens is 328 g/mol. The van der Waals surface area contributed by atoms with Crippen molar-refractivity contribution in [1.29, 1.82) is 0 Å². The molecule has 1 aromatic carbocycles. The van der Waals surface area contributed by atoms with E-state index in [9.17, 15) is 13.2 Å². The highest BCUT2D eigenvalue weighted by Gasteiger charge is 2.40. The van der Waals surface area contributed by atoms with Gasteiger partial charge in [-0.1, -0.05) is 24.3 Å². The zero-order valence-electron chi connectivity index (χ0n) is 14.0. The number of hydrogen-bond donors (Lipinski definition) is 0. The lowest BCUT2D eigenvalue weighted by Crippen LogP contribution is -2.51. The molecule has 1 atom stereocenters. The Bertz CT molecular complexity index is 698. The Labute approximate surface area is 143 Å². The van der Waals surface area contributed by atoms with Gasteiger partial charge in [0, 0.05) is 19.6 Å². The number of benzene rings is 1. The summed E-state index contributed by atoms with van der Waals surface area (Å²) in [6.07, 6.45) is 1.33. The summed E-state index contributed by atoms with van der Waals surface area (Å²) < 4.78 is 32.5. The van der Waals surface area contributed by atoms with Crippen LogP contribution in [0.15, 0.2) is 24.3 Å². The van der Waals surface area contributed by atoms with E-state index in [2.05, 4.69) is 0 Å². The van der Waals surface area contributed by atoms with E-state index in [1.165, 1.54) is 4.31 Å². The number of nitrogens with zero attached hydrogens (tertiary/aromatic N) is 2. The zero-order chi connectivity index (χ0) is 17.2. The summed E-state index contributed by atoms with van der Waals surface area (Å²) in [6.45, 7) is 4.46. The molecule has 3 rings (SSSR count). The van der Waals surface area contributed by atoms with E-state index in [1.54, 1.807) is 4.90 Å². The lowest BCUT2D eigenvalue weighted by atomic mass is 10.1. The number of amides is 1. The van der Waals surface area contributed by atoms with Crippen molar-refractivity contribution < 1.29 is 17.9 Å². The van der Waals surface area contributed by atoms with Gasteiger partial charge in [0.15, 0.2) is 0 Å². The maximum atomic E-state index is 12.9. The van der Waals surface area contributed by atoms with E-state index in [4.69, 9.17) is 4.74 Å². The Morgan fingerprint density at radius 3 is 2.62 bits per heavy atom. The smallest absolute Gasteiger partial charge is 0.241 e. The molecule has 132 valence electrons. The number of rotatable bonds is 4. The van der Waals surface area contributed by atoms with E-state index >= 15 is 0 Å². The van der Waals surface area contributed by atoms with E-state index in [-0.39, 0.29) is 11.7 Å². The second-order valence-electron chi connectivity index (χ2n) is 6.39. The summed E-state index contributed by atoms with van der Waals surface area (Å²) in [6, 6.07) is 6.93. The van der Waals surface area contributed by atoms with Crippen LogP contribution in [-0.4, -0.2) is 62.4 Å². The van der Waals surface area contributed by atoms with Crippen LogP contribution >= 0.6 is 0 Å². The van der Waals surface area contributed by atoms with Gasteiger partial charge in [-0.25, -0.2) is 8.42 Å². The fourth-order valence-electron chi connectivity index (χ4n) is 3.37. The second kappa shape index (κ2) is 7.21. The van der Waals surface area contributed by atoms with E-state index in [0.717, 1.165) is 17.5 Å². The van der Waals surface area contributed by atoms with Crippen LogP contribution in [0.5, 0.6) is 0 Å². The Balaban J connectivity index is 1.76. The first-order valence-corrected chi connectivity index (χ1v) is 10.0. The minimum absolute atomic E-state index is 0.0490. The van der Waals surface area contributed by atoms with Gasteiger partial charge < -0.3 is 9.64 Å². The van der Waals surface area contributed by atoms with Gasteiger partial charge in [0.25, 0.3) is 0 Å². The summed E-state index contributed by atoms with van der Waals surface area (Å²) in [7, 11) is -3.51. The summed E-state index contributed by atoms with van der Waals surface area (Å²) >= 11 is 0. The summed E-state index contributed by atoms with van der Waals surface area (Å²) in [5, 5.41) is 0. The number of morpholine rings is 1. The molecule has 0 saturated carbocycles. The summed E-state index contributed by atoms with van der Waals surface area (Å²) in [5.41, 5.74) is 1.75. The van der Waals surface area contributed by atoms with Crippen LogP contribution in [0.3, 0.4) is 0 Å². The Hall–Kier alpha value is -1.44. The fraction of sp³-hybridized carbons (Fsp3) is 0.588. The van der Waals surface area contributed by atoms with Gasteiger partial charge in [-0.3, -0.25) is 4.79 Å². The van der Waals surface area contributed by atoms with Crippen LogP contribution in [-0.2, 0) is 25.3 Å². The standard InChI is InChI=1S/C17H24N2O4S/c1-14-5-2-3-6-15(14)13-24(21,22)19-8-4-7-16(19)17(20)18-9-11-23-12-10-18/h2-3,5-6,16H,4,7-13H2,1H3/t16-/m0/s1. The topological polar surface area (TPSA) is 66.9 Å². The number of sulfonamides is 1. The van der Waals surface area contributed by atoms with Crippen molar-refractivity contribution in [2.75, 3.05) is 32.8 Å². The summed E-state index contributed by atoms with van der Waals surface area (Å²) in [5.74, 6) is -0.129. The van der Waals surface area contributed by atoms with Gasteiger partial charge in [-0.05, 0) is 30.9 Å². The lowest BCUT2D eigenvalue weighted by Gasteiger charge is -2.32. The fourth-order valence-corrected chi connectivity index (χ4v) is 5.24. The molecule has 0 aromatic heterocycles. The van der Waals surface area contributed by atoms with Gasteiger partial charge in [0.1, 0.15) is 6.04 Å². The molecule has 0 radical (unpaired) electrons. The molecule has 0 bridgehead atoms.